The Hall–Kier alpha value is -2.64. The Bertz CT molecular complexity index is 1330. The van der Waals surface area contributed by atoms with Crippen LogP contribution in [0.1, 0.15) is 62.6 Å². The summed E-state index contributed by atoms with van der Waals surface area (Å²) in [6.07, 6.45) is 2.21. The van der Waals surface area contributed by atoms with E-state index in [1.165, 1.54) is 0 Å². The second-order valence-electron chi connectivity index (χ2n) is 10.1. The molecule has 0 bridgehead atoms. The number of aliphatic hydroxyl groups excluding tert-OH is 1. The number of amides is 1. The molecule has 2 aliphatic heterocycles. The van der Waals surface area contributed by atoms with Crippen molar-refractivity contribution in [3.05, 3.63) is 91.6 Å². The van der Waals surface area contributed by atoms with Crippen LogP contribution >= 0.6 is 23.2 Å². The van der Waals surface area contributed by atoms with Gasteiger partial charge in [0.1, 0.15) is 6.61 Å². The van der Waals surface area contributed by atoms with Gasteiger partial charge in [0, 0.05) is 35.3 Å². The van der Waals surface area contributed by atoms with Gasteiger partial charge >= 0.3 is 0 Å². The van der Waals surface area contributed by atoms with Gasteiger partial charge in [0.2, 0.25) is 5.88 Å². The van der Waals surface area contributed by atoms with E-state index < -0.39 is 0 Å². The number of benzene rings is 2. The largest absolute Gasteiger partial charge is 0.473 e. The number of carbonyl (C=O) groups excluding carboxylic acids is 1. The maximum Gasteiger partial charge on any atom is 0.256 e. The topological polar surface area (TPSA) is 71.9 Å². The van der Waals surface area contributed by atoms with Gasteiger partial charge in [0.15, 0.2) is 0 Å². The van der Waals surface area contributed by atoms with Crippen molar-refractivity contribution in [2.75, 3.05) is 19.8 Å². The van der Waals surface area contributed by atoms with Crippen LogP contribution in [0.4, 0.5) is 0 Å². The molecule has 3 aromatic rings. The van der Waals surface area contributed by atoms with Crippen LogP contribution in [-0.4, -0.2) is 46.8 Å². The van der Waals surface area contributed by atoms with Crippen molar-refractivity contribution in [2.45, 2.75) is 58.3 Å². The summed E-state index contributed by atoms with van der Waals surface area (Å²) >= 11 is 13.6. The highest BCUT2D eigenvalue weighted by Gasteiger charge is 2.35. The number of aryl methyl sites for hydroxylation is 2. The number of halogens is 2. The number of fused-ring (bicyclic) bond motifs is 1. The molecule has 2 unspecified atom stereocenters. The molecular formula is C30H32Cl2N2O4. The van der Waals surface area contributed by atoms with Gasteiger partial charge in [0.05, 0.1) is 29.8 Å². The van der Waals surface area contributed by atoms with Gasteiger partial charge in [0.25, 0.3) is 5.91 Å². The zero-order chi connectivity index (χ0) is 26.8. The van der Waals surface area contributed by atoms with E-state index in [9.17, 15) is 9.90 Å². The Kier molecular flexibility index (Phi) is 8.24. The van der Waals surface area contributed by atoms with E-state index in [1.54, 1.807) is 11.0 Å². The number of aromatic nitrogens is 1. The molecule has 1 N–H and O–H groups in total. The minimum Gasteiger partial charge on any atom is -0.473 e. The SMILES string of the molecule is Cc1cc(C)c(CN2CCc3c(Cl)cc(C(CO)C4CCCO4)c(Cl)c3C2=O)c(OCc2ccccc2)n1. The van der Waals surface area contributed by atoms with Crippen LogP contribution in [0.5, 0.6) is 5.88 Å². The fraction of sp³-hybridized carbons (Fsp3) is 0.400. The second kappa shape index (κ2) is 11.6. The molecule has 1 amide bonds. The molecule has 200 valence electrons. The number of aliphatic hydroxyl groups is 1. The van der Waals surface area contributed by atoms with Crippen LogP contribution in [0.15, 0.2) is 42.5 Å². The zero-order valence-corrected chi connectivity index (χ0v) is 23.2. The summed E-state index contributed by atoms with van der Waals surface area (Å²) in [4.78, 5) is 20.3. The standard InChI is InChI=1S/C30H32Cl2N2O4/c1-18-13-19(2)33-29(38-17-20-7-4-3-5-8-20)23(18)15-34-11-10-21-25(31)14-22(28(32)27(21)30(34)36)24(16-35)26-9-6-12-37-26/h3-5,7-8,13-14,24,26,35H,6,9-12,15-17H2,1-2H3. The smallest absolute Gasteiger partial charge is 0.256 e. The molecular weight excluding hydrogens is 523 g/mol. The maximum absolute atomic E-state index is 13.9. The minimum atomic E-state index is -0.336. The molecule has 1 saturated heterocycles. The zero-order valence-electron chi connectivity index (χ0n) is 21.7. The highest BCUT2D eigenvalue weighted by molar-refractivity contribution is 6.37. The number of hydrogen-bond donors (Lipinski definition) is 1. The van der Waals surface area contributed by atoms with E-state index in [2.05, 4.69) is 4.98 Å². The predicted octanol–water partition coefficient (Wildman–Crippen LogP) is 6.04. The van der Waals surface area contributed by atoms with Crippen LogP contribution in [0.3, 0.4) is 0 Å². The van der Waals surface area contributed by atoms with Crippen LogP contribution in [0.25, 0.3) is 0 Å². The van der Waals surface area contributed by atoms with Crippen molar-refractivity contribution < 1.29 is 19.4 Å². The third-order valence-corrected chi connectivity index (χ3v) is 8.24. The third kappa shape index (κ3) is 5.41. The number of rotatable bonds is 8. The lowest BCUT2D eigenvalue weighted by Crippen LogP contribution is -2.38. The van der Waals surface area contributed by atoms with Crippen molar-refractivity contribution >= 4 is 29.1 Å². The van der Waals surface area contributed by atoms with Gasteiger partial charge in [-0.1, -0.05) is 53.5 Å². The molecule has 5 rings (SSSR count). The molecule has 2 atom stereocenters. The molecule has 2 aliphatic rings. The van der Waals surface area contributed by atoms with E-state index in [0.29, 0.717) is 59.8 Å². The van der Waals surface area contributed by atoms with Crippen LogP contribution in [0.2, 0.25) is 10.0 Å². The third-order valence-electron chi connectivity index (χ3n) is 7.49. The Morgan fingerprint density at radius 2 is 2.00 bits per heavy atom. The van der Waals surface area contributed by atoms with Gasteiger partial charge in [-0.3, -0.25) is 4.79 Å². The first-order chi connectivity index (χ1) is 18.4. The molecule has 0 saturated carbocycles. The fourth-order valence-electron chi connectivity index (χ4n) is 5.47. The van der Waals surface area contributed by atoms with Gasteiger partial charge in [-0.25, -0.2) is 4.98 Å². The lowest BCUT2D eigenvalue weighted by Gasteiger charge is -2.32. The summed E-state index contributed by atoms with van der Waals surface area (Å²) < 4.78 is 12.0. The Labute approximate surface area is 233 Å². The molecule has 1 fully saturated rings. The van der Waals surface area contributed by atoms with Gasteiger partial charge in [-0.05, 0) is 67.5 Å². The monoisotopic (exact) mass is 554 g/mol. The summed E-state index contributed by atoms with van der Waals surface area (Å²) in [7, 11) is 0. The Morgan fingerprint density at radius 3 is 2.71 bits per heavy atom. The lowest BCUT2D eigenvalue weighted by molar-refractivity contribution is 0.0665. The molecule has 0 radical (unpaired) electrons. The maximum atomic E-state index is 13.9. The molecule has 8 heteroatoms. The highest BCUT2D eigenvalue weighted by atomic mass is 35.5. The molecule has 6 nitrogen and oxygen atoms in total. The van der Waals surface area contributed by atoms with E-state index in [0.717, 1.165) is 40.8 Å². The van der Waals surface area contributed by atoms with Crippen molar-refractivity contribution in [1.29, 1.82) is 0 Å². The summed E-state index contributed by atoms with van der Waals surface area (Å²) in [6.45, 7) is 5.70. The molecule has 2 aromatic carbocycles. The summed E-state index contributed by atoms with van der Waals surface area (Å²) in [6, 6.07) is 13.7. The summed E-state index contributed by atoms with van der Waals surface area (Å²) in [5.74, 6) is 0.0112. The summed E-state index contributed by atoms with van der Waals surface area (Å²) in [5, 5.41) is 11.0. The molecule has 1 aromatic heterocycles. The number of nitrogens with zero attached hydrogens (tertiary/aromatic N) is 2. The second-order valence-corrected chi connectivity index (χ2v) is 10.9. The average molecular weight is 556 g/mol. The van der Waals surface area contributed by atoms with Crippen LogP contribution in [0, 0.1) is 13.8 Å². The van der Waals surface area contributed by atoms with E-state index in [-0.39, 0.29) is 24.5 Å². The van der Waals surface area contributed by atoms with Gasteiger partial charge in [-0.2, -0.15) is 0 Å². The number of hydrogen-bond acceptors (Lipinski definition) is 5. The first-order valence-corrected chi connectivity index (χ1v) is 13.8. The fourth-order valence-corrected chi connectivity index (χ4v) is 6.17. The summed E-state index contributed by atoms with van der Waals surface area (Å²) in [5.41, 5.74) is 5.62. The normalized spacial score (nSPS) is 18.0. The molecule has 0 aliphatic carbocycles. The number of carbonyl (C=O) groups is 1. The number of ether oxygens (including phenoxy) is 2. The first-order valence-electron chi connectivity index (χ1n) is 13.0. The quantitative estimate of drug-likeness (QED) is 0.367. The van der Waals surface area contributed by atoms with Gasteiger partial charge in [-0.15, -0.1) is 0 Å². The average Bonchev–Trinajstić information content (AvgIpc) is 3.44. The Morgan fingerprint density at radius 1 is 1.21 bits per heavy atom. The first kappa shape index (κ1) is 26.9. The van der Waals surface area contributed by atoms with Crippen LogP contribution in [-0.2, 0) is 24.3 Å². The molecule has 3 heterocycles. The van der Waals surface area contributed by atoms with Crippen molar-refractivity contribution in [3.8, 4) is 5.88 Å². The van der Waals surface area contributed by atoms with Crippen molar-refractivity contribution in [3.63, 3.8) is 0 Å². The van der Waals surface area contributed by atoms with E-state index in [4.69, 9.17) is 32.7 Å². The van der Waals surface area contributed by atoms with Crippen LogP contribution < -0.4 is 4.74 Å². The van der Waals surface area contributed by atoms with Gasteiger partial charge < -0.3 is 19.5 Å². The van der Waals surface area contributed by atoms with Crippen molar-refractivity contribution in [1.82, 2.24) is 9.88 Å². The highest BCUT2D eigenvalue weighted by Crippen LogP contribution is 2.41. The van der Waals surface area contributed by atoms with E-state index in [1.807, 2.05) is 50.2 Å². The Balaban J connectivity index is 1.44. The minimum absolute atomic E-state index is 0.131. The lowest BCUT2D eigenvalue weighted by atomic mass is 9.87. The molecule has 38 heavy (non-hydrogen) atoms. The van der Waals surface area contributed by atoms with E-state index >= 15 is 0 Å². The molecule has 0 spiro atoms. The predicted molar refractivity (Wildman–Crippen MR) is 148 cm³/mol. The van der Waals surface area contributed by atoms with Crippen molar-refractivity contribution in [2.24, 2.45) is 0 Å². The number of pyridine rings is 1.